The summed E-state index contributed by atoms with van der Waals surface area (Å²) in [4.78, 5) is 36.3. The highest BCUT2D eigenvalue weighted by Crippen LogP contribution is 2.16. The number of para-hydroxylation sites is 2. The van der Waals surface area contributed by atoms with Gasteiger partial charge in [-0.05, 0) is 24.3 Å². The van der Waals surface area contributed by atoms with Gasteiger partial charge in [0, 0.05) is 11.5 Å². The van der Waals surface area contributed by atoms with E-state index in [1.54, 1.807) is 60.7 Å². The van der Waals surface area contributed by atoms with Crippen LogP contribution in [0.15, 0.2) is 88.8 Å². The highest BCUT2D eigenvalue weighted by Gasteiger charge is 2.17. The molecule has 0 saturated heterocycles. The third-order valence-electron chi connectivity index (χ3n) is 4.52. The molecule has 1 amide bonds. The number of hydrazone groups is 1. The van der Waals surface area contributed by atoms with Gasteiger partial charge in [0.2, 0.25) is 0 Å². The van der Waals surface area contributed by atoms with Crippen LogP contribution in [0.2, 0.25) is 0 Å². The Morgan fingerprint density at radius 1 is 0.968 bits per heavy atom. The molecule has 0 spiro atoms. The number of nitro groups is 1. The maximum Gasteiger partial charge on any atom is 0.292 e. The van der Waals surface area contributed by atoms with Gasteiger partial charge < -0.3 is 0 Å². The predicted molar refractivity (Wildman–Crippen MR) is 115 cm³/mol. The molecule has 9 nitrogen and oxygen atoms in total. The zero-order valence-corrected chi connectivity index (χ0v) is 16.0. The summed E-state index contributed by atoms with van der Waals surface area (Å²) in [6, 6.07) is 21.4. The van der Waals surface area contributed by atoms with Gasteiger partial charge in [-0.3, -0.25) is 19.7 Å². The molecule has 9 heteroatoms. The standard InChI is InChI=1S/C22H15N5O4/c28-21(24-23-14-15-8-4-7-13-19(15)27(30)31)20-17-11-5-6-12-18(17)22(29)26(25-20)16-9-2-1-3-10-16/h1-14H,(H,24,28)/b23-14-. The molecule has 0 bridgehead atoms. The van der Waals surface area contributed by atoms with Crippen LogP contribution in [0, 0.1) is 10.1 Å². The molecule has 3 aromatic carbocycles. The van der Waals surface area contributed by atoms with Crippen molar-refractivity contribution in [3.05, 3.63) is 111 Å². The minimum Gasteiger partial charge on any atom is -0.267 e. The number of hydrogen-bond donors (Lipinski definition) is 1. The predicted octanol–water partition coefficient (Wildman–Crippen LogP) is 3.06. The number of hydrogen-bond acceptors (Lipinski definition) is 6. The van der Waals surface area contributed by atoms with Gasteiger partial charge in [0.1, 0.15) is 0 Å². The summed E-state index contributed by atoms with van der Waals surface area (Å²) in [6.45, 7) is 0. The number of nitrogens with zero attached hydrogens (tertiary/aromatic N) is 4. The Balaban J connectivity index is 1.73. The Labute approximate surface area is 175 Å². The average molecular weight is 413 g/mol. The van der Waals surface area contributed by atoms with Crippen LogP contribution in [0.1, 0.15) is 16.1 Å². The maximum atomic E-state index is 12.9. The summed E-state index contributed by atoms with van der Waals surface area (Å²) in [6.07, 6.45) is 1.19. The van der Waals surface area contributed by atoms with Crippen molar-refractivity contribution in [3.8, 4) is 5.69 Å². The molecule has 0 radical (unpaired) electrons. The third kappa shape index (κ3) is 3.92. The van der Waals surface area contributed by atoms with Crippen molar-refractivity contribution in [2.45, 2.75) is 0 Å². The molecule has 4 rings (SSSR count). The van der Waals surface area contributed by atoms with Crippen molar-refractivity contribution >= 4 is 28.6 Å². The average Bonchev–Trinajstić information content (AvgIpc) is 2.80. The van der Waals surface area contributed by atoms with Crippen molar-refractivity contribution in [2.75, 3.05) is 0 Å². The van der Waals surface area contributed by atoms with Crippen LogP contribution in [0.25, 0.3) is 16.5 Å². The fraction of sp³-hybridized carbons (Fsp3) is 0. The summed E-state index contributed by atoms with van der Waals surface area (Å²) in [5.74, 6) is -0.657. The van der Waals surface area contributed by atoms with E-state index < -0.39 is 10.8 Å². The number of nitro benzene ring substituents is 1. The smallest absolute Gasteiger partial charge is 0.267 e. The Morgan fingerprint density at radius 2 is 1.61 bits per heavy atom. The number of rotatable bonds is 5. The topological polar surface area (TPSA) is 119 Å². The summed E-state index contributed by atoms with van der Waals surface area (Å²) in [7, 11) is 0. The highest BCUT2D eigenvalue weighted by atomic mass is 16.6. The van der Waals surface area contributed by atoms with Crippen molar-refractivity contribution in [2.24, 2.45) is 5.10 Å². The fourth-order valence-electron chi connectivity index (χ4n) is 3.08. The number of nitrogens with one attached hydrogen (secondary N) is 1. The minimum atomic E-state index is -0.657. The summed E-state index contributed by atoms with van der Waals surface area (Å²) in [5, 5.41) is 19.9. The first kappa shape index (κ1) is 19.6. The van der Waals surface area contributed by atoms with Crippen LogP contribution in [-0.4, -0.2) is 26.8 Å². The van der Waals surface area contributed by atoms with E-state index >= 15 is 0 Å². The van der Waals surface area contributed by atoms with Crippen LogP contribution in [0.4, 0.5) is 5.69 Å². The van der Waals surface area contributed by atoms with Gasteiger partial charge in [0.25, 0.3) is 17.2 Å². The maximum absolute atomic E-state index is 12.9. The molecule has 0 aliphatic rings. The van der Waals surface area contributed by atoms with Gasteiger partial charge in [-0.1, -0.05) is 48.5 Å². The van der Waals surface area contributed by atoms with E-state index in [-0.39, 0.29) is 22.5 Å². The molecule has 1 N–H and O–H groups in total. The molecule has 0 saturated carbocycles. The molecule has 1 aromatic heterocycles. The summed E-state index contributed by atoms with van der Waals surface area (Å²) >= 11 is 0. The molecule has 0 unspecified atom stereocenters. The third-order valence-corrected chi connectivity index (χ3v) is 4.52. The van der Waals surface area contributed by atoms with Crippen molar-refractivity contribution < 1.29 is 9.72 Å². The van der Waals surface area contributed by atoms with E-state index in [0.717, 1.165) is 4.68 Å². The van der Waals surface area contributed by atoms with Crippen molar-refractivity contribution in [1.82, 2.24) is 15.2 Å². The Morgan fingerprint density at radius 3 is 2.35 bits per heavy atom. The largest absolute Gasteiger partial charge is 0.292 e. The molecule has 0 fully saturated rings. The molecule has 0 aliphatic heterocycles. The monoisotopic (exact) mass is 413 g/mol. The van der Waals surface area contributed by atoms with E-state index in [1.165, 1.54) is 24.4 Å². The van der Waals surface area contributed by atoms with Gasteiger partial charge in [-0.2, -0.15) is 14.9 Å². The van der Waals surface area contributed by atoms with Crippen LogP contribution in [0.5, 0.6) is 0 Å². The van der Waals surface area contributed by atoms with Gasteiger partial charge in [0.05, 0.1) is 27.8 Å². The van der Waals surface area contributed by atoms with Crippen molar-refractivity contribution in [1.29, 1.82) is 0 Å². The molecule has 31 heavy (non-hydrogen) atoms. The Kier molecular flexibility index (Phi) is 5.31. The number of carbonyl (C=O) groups is 1. The van der Waals surface area contributed by atoms with E-state index in [1.807, 2.05) is 0 Å². The number of fused-ring (bicyclic) bond motifs is 1. The quantitative estimate of drug-likeness (QED) is 0.306. The molecule has 4 aromatic rings. The van der Waals surface area contributed by atoms with Gasteiger partial charge in [-0.15, -0.1) is 0 Å². The fourth-order valence-corrected chi connectivity index (χ4v) is 3.08. The van der Waals surface area contributed by atoms with Crippen LogP contribution >= 0.6 is 0 Å². The van der Waals surface area contributed by atoms with Crippen LogP contribution in [-0.2, 0) is 0 Å². The molecule has 0 aliphatic carbocycles. The second kappa shape index (κ2) is 8.37. The van der Waals surface area contributed by atoms with Gasteiger partial charge in [-0.25, -0.2) is 5.43 Å². The lowest BCUT2D eigenvalue weighted by Crippen LogP contribution is -2.28. The van der Waals surface area contributed by atoms with Gasteiger partial charge >= 0.3 is 0 Å². The molecule has 1 heterocycles. The zero-order chi connectivity index (χ0) is 21.8. The SMILES string of the molecule is O=C(N/N=C\c1ccccc1[N+](=O)[O-])c1nn(-c2ccccc2)c(=O)c2ccccc12. The highest BCUT2D eigenvalue weighted by molar-refractivity contribution is 6.05. The lowest BCUT2D eigenvalue weighted by molar-refractivity contribution is -0.385. The first-order valence-corrected chi connectivity index (χ1v) is 9.20. The van der Waals surface area contributed by atoms with Crippen LogP contribution < -0.4 is 11.0 Å². The van der Waals surface area contributed by atoms with E-state index in [2.05, 4.69) is 15.6 Å². The molecular formula is C22H15N5O4. The second-order valence-corrected chi connectivity index (χ2v) is 6.46. The lowest BCUT2D eigenvalue weighted by atomic mass is 10.1. The molecule has 152 valence electrons. The molecular weight excluding hydrogens is 398 g/mol. The van der Waals surface area contributed by atoms with Crippen LogP contribution in [0.3, 0.4) is 0 Å². The number of aromatic nitrogens is 2. The van der Waals surface area contributed by atoms with Gasteiger partial charge in [0.15, 0.2) is 5.69 Å². The normalized spacial score (nSPS) is 11.0. The first-order chi connectivity index (χ1) is 15.1. The zero-order valence-electron chi connectivity index (χ0n) is 16.0. The number of amides is 1. The van der Waals surface area contributed by atoms with E-state index in [9.17, 15) is 19.7 Å². The Bertz CT molecular complexity index is 1380. The first-order valence-electron chi connectivity index (χ1n) is 9.20. The minimum absolute atomic E-state index is 0.00114. The van der Waals surface area contributed by atoms with E-state index in [0.29, 0.717) is 16.5 Å². The lowest BCUT2D eigenvalue weighted by Gasteiger charge is -2.10. The van der Waals surface area contributed by atoms with Crippen molar-refractivity contribution in [3.63, 3.8) is 0 Å². The summed E-state index contributed by atoms with van der Waals surface area (Å²) in [5.41, 5.74) is 2.58. The second-order valence-electron chi connectivity index (χ2n) is 6.46. The molecule has 0 atom stereocenters. The summed E-state index contributed by atoms with van der Waals surface area (Å²) < 4.78 is 1.16. The van der Waals surface area contributed by atoms with E-state index in [4.69, 9.17) is 0 Å². The number of benzene rings is 3. The number of carbonyl (C=O) groups excluding carboxylic acids is 1. The Hall–Kier alpha value is -4.66.